The molecule has 0 radical (unpaired) electrons. The summed E-state index contributed by atoms with van der Waals surface area (Å²) in [6, 6.07) is 0. The highest BCUT2D eigenvalue weighted by atomic mass is 31.2. The van der Waals surface area contributed by atoms with Gasteiger partial charge >= 0.3 is 19.8 Å². The third-order valence-electron chi connectivity index (χ3n) is 9.51. The van der Waals surface area contributed by atoms with E-state index >= 15 is 0 Å². The van der Waals surface area contributed by atoms with Crippen LogP contribution in [-0.4, -0.2) is 56.3 Å². The second-order valence-electron chi connectivity index (χ2n) is 15.2. The summed E-state index contributed by atoms with van der Waals surface area (Å²) in [6.07, 6.45) is 56.5. The van der Waals surface area contributed by atoms with E-state index in [1.165, 1.54) is 89.9 Å². The molecule has 0 heterocycles. The molecule has 60 heavy (non-hydrogen) atoms. The molecular formula is C50H86NO8P. The monoisotopic (exact) mass is 860 g/mol. The van der Waals surface area contributed by atoms with Crippen LogP contribution in [0.5, 0.6) is 0 Å². The van der Waals surface area contributed by atoms with Crippen LogP contribution in [0.4, 0.5) is 0 Å². The molecule has 0 aliphatic rings. The van der Waals surface area contributed by atoms with Crippen molar-refractivity contribution >= 4 is 19.8 Å². The van der Waals surface area contributed by atoms with Crippen molar-refractivity contribution in [2.24, 2.45) is 0 Å². The van der Waals surface area contributed by atoms with E-state index < -0.39 is 32.5 Å². The predicted molar refractivity (Wildman–Crippen MR) is 252 cm³/mol. The van der Waals surface area contributed by atoms with Crippen molar-refractivity contribution in [1.29, 1.82) is 0 Å². The van der Waals surface area contributed by atoms with Gasteiger partial charge in [-0.15, -0.1) is 0 Å². The number of hydrogen-bond donors (Lipinski definition) is 2. The van der Waals surface area contributed by atoms with Gasteiger partial charge in [-0.25, -0.2) is 4.57 Å². The molecule has 0 aliphatic carbocycles. The van der Waals surface area contributed by atoms with Gasteiger partial charge in [-0.1, -0.05) is 176 Å². The molecule has 0 saturated heterocycles. The molecule has 0 aromatic heterocycles. The molecule has 2 atom stereocenters. The molecule has 2 N–H and O–H groups in total. The van der Waals surface area contributed by atoms with Crippen LogP contribution in [0.1, 0.15) is 181 Å². The summed E-state index contributed by atoms with van der Waals surface area (Å²) in [4.78, 5) is 35.1. The van der Waals surface area contributed by atoms with E-state index in [1.807, 2.05) is 12.2 Å². The van der Waals surface area contributed by atoms with Crippen molar-refractivity contribution < 1.29 is 37.6 Å². The Morgan fingerprint density at radius 2 is 0.983 bits per heavy atom. The highest BCUT2D eigenvalue weighted by molar-refractivity contribution is 7.47. The van der Waals surface area contributed by atoms with Gasteiger partial charge < -0.3 is 19.7 Å². The second kappa shape index (κ2) is 45.7. The minimum absolute atomic E-state index is 0.0348. The van der Waals surface area contributed by atoms with Crippen molar-refractivity contribution in [3.05, 3.63) is 85.1 Å². The SMILES string of the molecule is CC/C=C\C/C=C\C/C=C\C/C=C\C/C=C\C/C=C\CCC(=O)OC(COC(=O)CCCCCCCCCCC/C=C\CCCCCCCC)COP(=O)(O)OCCNC. The Hall–Kier alpha value is -2.81. The molecule has 0 bridgehead atoms. The number of carbonyl (C=O) groups excluding carboxylic acids is 2. The number of phosphoric acid groups is 1. The van der Waals surface area contributed by atoms with Crippen LogP contribution in [0.2, 0.25) is 0 Å². The van der Waals surface area contributed by atoms with E-state index in [9.17, 15) is 19.0 Å². The first-order chi connectivity index (χ1) is 29.3. The van der Waals surface area contributed by atoms with Crippen LogP contribution in [0, 0.1) is 0 Å². The number of ether oxygens (including phenoxy) is 2. The average molecular weight is 860 g/mol. The maximum Gasteiger partial charge on any atom is 0.472 e. The molecular weight excluding hydrogens is 774 g/mol. The number of unbranched alkanes of at least 4 members (excludes halogenated alkanes) is 15. The van der Waals surface area contributed by atoms with Gasteiger partial charge in [0.2, 0.25) is 0 Å². The van der Waals surface area contributed by atoms with Crippen LogP contribution < -0.4 is 5.32 Å². The zero-order valence-corrected chi connectivity index (χ0v) is 39.0. The van der Waals surface area contributed by atoms with Crippen molar-refractivity contribution in [2.75, 3.05) is 33.4 Å². The molecule has 0 saturated carbocycles. The highest BCUT2D eigenvalue weighted by Gasteiger charge is 2.26. The van der Waals surface area contributed by atoms with Gasteiger partial charge in [0.1, 0.15) is 6.61 Å². The average Bonchev–Trinajstić information content (AvgIpc) is 3.23. The number of esters is 2. The molecule has 0 rings (SSSR count). The van der Waals surface area contributed by atoms with Gasteiger partial charge in [-0.3, -0.25) is 18.6 Å². The number of rotatable bonds is 43. The van der Waals surface area contributed by atoms with Gasteiger partial charge in [0, 0.05) is 19.4 Å². The molecule has 0 aromatic carbocycles. The zero-order valence-electron chi connectivity index (χ0n) is 38.1. The number of phosphoric ester groups is 1. The van der Waals surface area contributed by atoms with E-state index in [0.29, 0.717) is 13.0 Å². The molecule has 0 fully saturated rings. The maximum atomic E-state index is 12.6. The Bertz CT molecular complexity index is 1250. The molecule has 344 valence electrons. The van der Waals surface area contributed by atoms with E-state index in [-0.39, 0.29) is 26.1 Å². The lowest BCUT2D eigenvalue weighted by Crippen LogP contribution is -2.29. The Morgan fingerprint density at radius 3 is 1.48 bits per heavy atom. The Kier molecular flexibility index (Phi) is 43.6. The van der Waals surface area contributed by atoms with Gasteiger partial charge in [0.15, 0.2) is 6.10 Å². The fraction of sp³-hybridized carbons (Fsp3) is 0.680. The quantitative estimate of drug-likeness (QED) is 0.0267. The minimum atomic E-state index is -4.38. The standard InChI is InChI=1S/C50H86NO8P/c1-4-6-8-10-12-14-16-18-20-22-24-26-28-30-32-34-36-38-40-42-49(52)56-46-48(47-58-60(54,55)57-45-44-51-3)59-50(53)43-41-39-37-35-33-31-29-27-25-23-21-19-17-15-13-11-9-7-5-2/h7,9,13,15,18-21,25,27,31,33,37,39,48,51H,4-6,8,10-12,14,16-17,22-24,26,28-30,32,34-36,38,40-47H2,1-3H3,(H,54,55)/b9-7-,15-13-,20-18-,21-19-,27-25-,33-31-,39-37-. The molecule has 2 unspecified atom stereocenters. The largest absolute Gasteiger partial charge is 0.472 e. The highest BCUT2D eigenvalue weighted by Crippen LogP contribution is 2.43. The predicted octanol–water partition coefficient (Wildman–Crippen LogP) is 13.9. The number of likely N-dealkylation sites (N-methyl/N-ethyl adjacent to an activating group) is 1. The first kappa shape index (κ1) is 57.2. The van der Waals surface area contributed by atoms with Crippen molar-refractivity contribution in [3.63, 3.8) is 0 Å². The first-order valence-corrected chi connectivity index (χ1v) is 25.0. The summed E-state index contributed by atoms with van der Waals surface area (Å²) < 4.78 is 33.2. The van der Waals surface area contributed by atoms with E-state index in [0.717, 1.165) is 57.8 Å². The second-order valence-corrected chi connectivity index (χ2v) is 16.7. The van der Waals surface area contributed by atoms with Gasteiger partial charge in [-0.2, -0.15) is 0 Å². The number of nitrogens with one attached hydrogen (secondary N) is 1. The molecule has 0 spiro atoms. The minimum Gasteiger partial charge on any atom is -0.462 e. The fourth-order valence-corrected chi connectivity index (χ4v) is 6.74. The van der Waals surface area contributed by atoms with Crippen LogP contribution in [0.25, 0.3) is 0 Å². The Labute approximate surface area is 366 Å². The van der Waals surface area contributed by atoms with Crippen LogP contribution in [0.3, 0.4) is 0 Å². The zero-order chi connectivity index (χ0) is 43.9. The van der Waals surface area contributed by atoms with Gasteiger partial charge in [0.05, 0.1) is 13.2 Å². The smallest absolute Gasteiger partial charge is 0.462 e. The number of hydrogen-bond acceptors (Lipinski definition) is 8. The molecule has 0 amide bonds. The Balaban J connectivity index is 4.30. The topological polar surface area (TPSA) is 120 Å². The summed E-state index contributed by atoms with van der Waals surface area (Å²) in [5.41, 5.74) is 0. The number of carbonyl (C=O) groups is 2. The summed E-state index contributed by atoms with van der Waals surface area (Å²) in [5, 5.41) is 2.82. The van der Waals surface area contributed by atoms with Crippen LogP contribution >= 0.6 is 7.82 Å². The van der Waals surface area contributed by atoms with Crippen LogP contribution in [-0.2, 0) is 32.7 Å². The van der Waals surface area contributed by atoms with Crippen molar-refractivity contribution in [2.45, 2.75) is 187 Å². The van der Waals surface area contributed by atoms with E-state index in [1.54, 1.807) is 7.05 Å². The third-order valence-corrected chi connectivity index (χ3v) is 10.5. The molecule has 0 aliphatic heterocycles. The normalized spacial score (nSPS) is 14.0. The lowest BCUT2D eigenvalue weighted by Gasteiger charge is -2.19. The summed E-state index contributed by atoms with van der Waals surface area (Å²) in [7, 11) is -2.69. The lowest BCUT2D eigenvalue weighted by molar-refractivity contribution is -0.161. The first-order valence-electron chi connectivity index (χ1n) is 23.5. The van der Waals surface area contributed by atoms with E-state index in [2.05, 4.69) is 92.1 Å². The fourth-order valence-electron chi connectivity index (χ4n) is 5.98. The maximum absolute atomic E-state index is 12.6. The molecule has 10 heteroatoms. The van der Waals surface area contributed by atoms with Gasteiger partial charge in [-0.05, 0) is 84.1 Å². The molecule has 9 nitrogen and oxygen atoms in total. The third kappa shape index (κ3) is 44.7. The number of allylic oxidation sites excluding steroid dienone is 14. The van der Waals surface area contributed by atoms with E-state index in [4.69, 9.17) is 18.5 Å². The van der Waals surface area contributed by atoms with Crippen molar-refractivity contribution in [1.82, 2.24) is 5.32 Å². The van der Waals surface area contributed by atoms with Crippen molar-refractivity contribution in [3.8, 4) is 0 Å². The Morgan fingerprint density at radius 1 is 0.533 bits per heavy atom. The summed E-state index contributed by atoms with van der Waals surface area (Å²) >= 11 is 0. The lowest BCUT2D eigenvalue weighted by atomic mass is 10.1. The van der Waals surface area contributed by atoms with Crippen LogP contribution in [0.15, 0.2) is 85.1 Å². The van der Waals surface area contributed by atoms with Gasteiger partial charge in [0.25, 0.3) is 0 Å². The molecule has 0 aromatic rings. The summed E-state index contributed by atoms with van der Waals surface area (Å²) in [6.45, 7) is 4.01. The summed E-state index contributed by atoms with van der Waals surface area (Å²) in [5.74, 6) is -0.911.